The fourth-order valence-corrected chi connectivity index (χ4v) is 8.30. The van der Waals surface area contributed by atoms with Crippen LogP contribution in [-0.4, -0.2) is 6.54 Å². The fourth-order valence-electron chi connectivity index (χ4n) is 7.10. The quantitative estimate of drug-likeness (QED) is 0.130. The number of thioether (sulfide) groups is 1. The molecule has 0 N–H and O–H groups in total. The molecule has 0 aliphatic carbocycles. The Morgan fingerprint density at radius 3 is 2.08 bits per heavy atom. The summed E-state index contributed by atoms with van der Waals surface area (Å²) in [5.74, 6) is 0. The van der Waals surface area contributed by atoms with Gasteiger partial charge in [-0.25, -0.2) is 0 Å². The molecule has 240 valence electrons. The highest BCUT2D eigenvalue weighted by atomic mass is 32.2. The molecule has 0 unspecified atom stereocenters. The lowest BCUT2D eigenvalue weighted by Crippen LogP contribution is -2.13. The van der Waals surface area contributed by atoms with Crippen molar-refractivity contribution in [3.05, 3.63) is 186 Å². The molecule has 0 radical (unpaired) electrons. The molecule has 1 nitrogen and oxygen atoms in total. The van der Waals surface area contributed by atoms with Gasteiger partial charge in [-0.3, -0.25) is 0 Å². The molecule has 0 aromatic heterocycles. The Morgan fingerprint density at radius 1 is 0.755 bits per heavy atom. The van der Waals surface area contributed by atoms with Crippen LogP contribution in [0.15, 0.2) is 175 Å². The minimum atomic E-state index is 0.834. The van der Waals surface area contributed by atoms with Crippen LogP contribution in [0.1, 0.15) is 37.0 Å². The van der Waals surface area contributed by atoms with Crippen LogP contribution < -0.4 is 4.90 Å². The largest absolute Gasteiger partial charge is 0.336 e. The molecule has 0 atom stereocenters. The topological polar surface area (TPSA) is 3.24 Å². The molecule has 0 fully saturated rings. The Morgan fingerprint density at radius 2 is 1.41 bits per heavy atom. The van der Waals surface area contributed by atoms with Gasteiger partial charge in [-0.15, -0.1) is 0 Å². The first kappa shape index (κ1) is 32.2. The third kappa shape index (κ3) is 6.09. The summed E-state index contributed by atoms with van der Waals surface area (Å²) in [6.45, 7) is 11.9. The van der Waals surface area contributed by atoms with Gasteiger partial charge in [-0.1, -0.05) is 159 Å². The van der Waals surface area contributed by atoms with Crippen LogP contribution in [0, 0.1) is 0 Å². The summed E-state index contributed by atoms with van der Waals surface area (Å²) in [6, 6.07) is 40.5. The van der Waals surface area contributed by atoms with Crippen molar-refractivity contribution in [3.8, 4) is 0 Å². The van der Waals surface area contributed by atoms with Crippen LogP contribution in [0.2, 0.25) is 0 Å². The van der Waals surface area contributed by atoms with Crippen LogP contribution in [-0.2, 0) is 6.42 Å². The molecule has 2 aliphatic heterocycles. The van der Waals surface area contributed by atoms with Crippen molar-refractivity contribution in [2.24, 2.45) is 0 Å². The van der Waals surface area contributed by atoms with E-state index in [2.05, 4.69) is 171 Å². The average Bonchev–Trinajstić information content (AvgIpc) is 3.75. The second-order valence-corrected chi connectivity index (χ2v) is 13.5. The highest BCUT2D eigenvalue weighted by Crippen LogP contribution is 2.49. The molecule has 0 saturated carbocycles. The van der Waals surface area contributed by atoms with Crippen molar-refractivity contribution in [2.75, 3.05) is 11.4 Å². The average molecular weight is 652 g/mol. The minimum Gasteiger partial charge on any atom is -0.336 e. The number of anilines is 2. The Kier molecular flexibility index (Phi) is 9.50. The van der Waals surface area contributed by atoms with Crippen LogP contribution in [0.25, 0.3) is 43.5 Å². The number of hydrogen-bond donors (Lipinski definition) is 0. The maximum Gasteiger partial charge on any atom is 0.0500 e. The summed E-state index contributed by atoms with van der Waals surface area (Å²) in [5.41, 5.74) is 9.25. The highest BCUT2D eigenvalue weighted by molar-refractivity contribution is 8.03. The van der Waals surface area contributed by atoms with Gasteiger partial charge in [0.25, 0.3) is 0 Å². The lowest BCUT2D eigenvalue weighted by molar-refractivity contribution is 1.17. The summed E-state index contributed by atoms with van der Waals surface area (Å²) < 4.78 is 0. The van der Waals surface area contributed by atoms with Crippen LogP contribution >= 0.6 is 11.8 Å². The first-order valence-electron chi connectivity index (χ1n) is 17.1. The summed E-state index contributed by atoms with van der Waals surface area (Å²) in [6.07, 6.45) is 16.5. The zero-order valence-corrected chi connectivity index (χ0v) is 29.1. The van der Waals surface area contributed by atoms with E-state index < -0.39 is 0 Å². The molecule has 0 bridgehead atoms. The number of nitrogens with zero attached hydrogens (tertiary/aromatic N) is 1. The molecule has 0 spiro atoms. The van der Waals surface area contributed by atoms with E-state index in [4.69, 9.17) is 0 Å². The van der Waals surface area contributed by atoms with Crippen molar-refractivity contribution < 1.29 is 0 Å². The van der Waals surface area contributed by atoms with Crippen LogP contribution in [0.4, 0.5) is 11.4 Å². The third-order valence-corrected chi connectivity index (χ3v) is 10.6. The zero-order chi connectivity index (χ0) is 33.7. The minimum absolute atomic E-state index is 0.834. The Balaban J connectivity index is 0.000000898. The van der Waals surface area contributed by atoms with Gasteiger partial charge in [0, 0.05) is 45.1 Å². The molecule has 2 aliphatic rings. The Bertz CT molecular complexity index is 2270. The predicted molar refractivity (Wildman–Crippen MR) is 218 cm³/mol. The van der Waals surface area contributed by atoms with Crippen molar-refractivity contribution in [2.45, 2.75) is 31.6 Å². The van der Waals surface area contributed by atoms with E-state index in [1.54, 1.807) is 12.2 Å². The van der Waals surface area contributed by atoms with Crippen molar-refractivity contribution >= 4 is 66.6 Å². The Labute approximate surface area is 295 Å². The second kappa shape index (κ2) is 14.4. The predicted octanol–water partition coefficient (Wildman–Crippen LogP) is 13.6. The number of hydrogen-bond acceptors (Lipinski definition) is 2. The van der Waals surface area contributed by atoms with E-state index >= 15 is 0 Å². The molecule has 6 aromatic carbocycles. The second-order valence-electron chi connectivity index (χ2n) is 12.3. The van der Waals surface area contributed by atoms with Crippen LogP contribution in [0.5, 0.6) is 0 Å². The molecule has 0 saturated heterocycles. The zero-order valence-electron chi connectivity index (χ0n) is 28.3. The summed E-state index contributed by atoms with van der Waals surface area (Å²) in [7, 11) is 0. The van der Waals surface area contributed by atoms with E-state index in [1.807, 2.05) is 11.8 Å². The van der Waals surface area contributed by atoms with E-state index in [1.165, 1.54) is 81.3 Å². The number of rotatable bonds is 6. The third-order valence-electron chi connectivity index (χ3n) is 9.34. The van der Waals surface area contributed by atoms with Gasteiger partial charge >= 0.3 is 0 Å². The highest BCUT2D eigenvalue weighted by Gasteiger charge is 2.28. The van der Waals surface area contributed by atoms with E-state index in [0.717, 1.165) is 19.4 Å². The molecular weight excluding hydrogens is 611 g/mol. The lowest BCUT2D eigenvalue weighted by Gasteiger charge is -2.23. The van der Waals surface area contributed by atoms with Gasteiger partial charge < -0.3 is 4.90 Å². The number of benzene rings is 6. The van der Waals surface area contributed by atoms with Crippen LogP contribution in [0.3, 0.4) is 0 Å². The van der Waals surface area contributed by atoms with Gasteiger partial charge in [0.2, 0.25) is 0 Å². The van der Waals surface area contributed by atoms with Gasteiger partial charge in [-0.05, 0) is 86.8 Å². The smallest absolute Gasteiger partial charge is 0.0500 e. The van der Waals surface area contributed by atoms with E-state index in [-0.39, 0.29) is 0 Å². The number of allylic oxidation sites excluding steroid dienone is 9. The van der Waals surface area contributed by atoms with Gasteiger partial charge in [-0.2, -0.15) is 0 Å². The molecular formula is C47H41NS. The first-order valence-corrected chi connectivity index (χ1v) is 17.9. The first-order chi connectivity index (χ1) is 24.2. The van der Waals surface area contributed by atoms with Gasteiger partial charge in [0.15, 0.2) is 0 Å². The SMILES string of the molecule is C/C=C\C=C1/CN(c2cccc3c4ccccc4c4ccccc4c23)c2ccc(C(/C=C\CC)=C3/Cc4ccccc4S3)cc21.C=CC=C. The molecule has 0 amide bonds. The summed E-state index contributed by atoms with van der Waals surface area (Å²) in [5, 5.41) is 7.86. The monoisotopic (exact) mass is 651 g/mol. The number of fused-ring (bicyclic) bond motifs is 8. The fraction of sp³-hybridized carbons (Fsp3) is 0.106. The maximum atomic E-state index is 3.36. The van der Waals surface area contributed by atoms with Gasteiger partial charge in [0.05, 0.1) is 0 Å². The summed E-state index contributed by atoms with van der Waals surface area (Å²) >= 11 is 1.93. The normalized spacial score (nSPS) is 15.6. The van der Waals surface area contributed by atoms with Crippen molar-refractivity contribution in [3.63, 3.8) is 0 Å². The van der Waals surface area contributed by atoms with Crippen molar-refractivity contribution in [1.29, 1.82) is 0 Å². The van der Waals surface area contributed by atoms with Crippen molar-refractivity contribution in [1.82, 2.24) is 0 Å². The van der Waals surface area contributed by atoms with E-state index in [0.29, 0.717) is 0 Å². The van der Waals surface area contributed by atoms with Gasteiger partial charge in [0.1, 0.15) is 0 Å². The molecule has 2 heterocycles. The summed E-state index contributed by atoms with van der Waals surface area (Å²) in [4.78, 5) is 5.35. The maximum absolute atomic E-state index is 3.36. The van der Waals surface area contributed by atoms with E-state index in [9.17, 15) is 0 Å². The molecule has 2 heteroatoms. The molecule has 6 aromatic rings. The lowest BCUT2D eigenvalue weighted by atomic mass is 9.93. The molecule has 49 heavy (non-hydrogen) atoms. The standard InChI is InChI=1S/C43H35NS.C4H6/c1-3-5-14-31-28-44(40-22-13-21-37-35-18-9-8-17-33(35)34-19-10-11-20-36(34)43(37)40)39-25-24-29(26-38(31)39)32(16-6-4-2)42-27-30-15-7-12-23-41(30)45-42;1-3-4-2/h3,5-26H,4,27-28H2,1-2H3;3-4H,1-2H2/b5-3-,16-6-,31-14+,42-32-;. The Hall–Kier alpha value is -5.31. The molecule has 8 rings (SSSR count).